The van der Waals surface area contributed by atoms with Gasteiger partial charge in [0.1, 0.15) is 5.01 Å². The van der Waals surface area contributed by atoms with Crippen LogP contribution in [-0.4, -0.2) is 19.2 Å². The molecule has 0 atom stereocenters. The van der Waals surface area contributed by atoms with Gasteiger partial charge in [-0.15, -0.1) is 11.3 Å². The summed E-state index contributed by atoms with van der Waals surface area (Å²) < 4.78 is 10.5. The van der Waals surface area contributed by atoms with Gasteiger partial charge in [0.05, 0.1) is 14.2 Å². The molecule has 0 saturated carbocycles. The van der Waals surface area contributed by atoms with E-state index in [0.717, 1.165) is 15.4 Å². The van der Waals surface area contributed by atoms with E-state index in [0.29, 0.717) is 18.0 Å². The number of benzene rings is 1. The van der Waals surface area contributed by atoms with Crippen LogP contribution in [0.2, 0.25) is 0 Å². The summed E-state index contributed by atoms with van der Waals surface area (Å²) in [4.78, 5) is 5.39. The molecule has 0 fully saturated rings. The van der Waals surface area contributed by atoms with Crippen LogP contribution in [0, 0.1) is 0 Å². The van der Waals surface area contributed by atoms with E-state index in [1.807, 2.05) is 18.2 Å². The smallest absolute Gasteiger partial charge is 0.161 e. The molecule has 0 unspecified atom stereocenters. The first-order valence-corrected chi connectivity index (χ1v) is 5.97. The van der Waals surface area contributed by atoms with Gasteiger partial charge in [0.15, 0.2) is 11.5 Å². The molecule has 1 aromatic heterocycles. The fourth-order valence-electron chi connectivity index (χ4n) is 1.50. The lowest BCUT2D eigenvalue weighted by atomic mass is 10.2. The molecular formula is C12H14N2O2S. The van der Waals surface area contributed by atoms with Gasteiger partial charge >= 0.3 is 0 Å². The summed E-state index contributed by atoms with van der Waals surface area (Å²) in [5.41, 5.74) is 6.58. The Bertz CT molecular complexity index is 511. The molecule has 0 spiro atoms. The molecule has 1 aromatic carbocycles. The van der Waals surface area contributed by atoms with Gasteiger partial charge in [-0.3, -0.25) is 0 Å². The maximum Gasteiger partial charge on any atom is 0.161 e. The Kier molecular flexibility index (Phi) is 3.61. The number of thiazole rings is 1. The van der Waals surface area contributed by atoms with Crippen LogP contribution in [-0.2, 0) is 6.54 Å². The summed E-state index contributed by atoms with van der Waals surface area (Å²) in [6.07, 6.45) is 1.80. The molecular weight excluding hydrogens is 236 g/mol. The minimum absolute atomic E-state index is 0.519. The molecule has 0 saturated heterocycles. The average molecular weight is 250 g/mol. The summed E-state index contributed by atoms with van der Waals surface area (Å²) in [5, 5.41) is 0.936. The van der Waals surface area contributed by atoms with Crippen molar-refractivity contribution in [2.45, 2.75) is 6.54 Å². The number of ether oxygens (including phenoxy) is 2. The lowest BCUT2D eigenvalue weighted by Gasteiger charge is -2.08. The van der Waals surface area contributed by atoms with Crippen LogP contribution < -0.4 is 15.2 Å². The third kappa shape index (κ3) is 2.40. The number of hydrogen-bond acceptors (Lipinski definition) is 5. The second kappa shape index (κ2) is 5.16. The SMILES string of the molecule is COc1ccc(-c2ncc(CN)s2)cc1OC. The van der Waals surface area contributed by atoms with Crippen molar-refractivity contribution in [3.05, 3.63) is 29.3 Å². The zero-order valence-corrected chi connectivity index (χ0v) is 10.6. The van der Waals surface area contributed by atoms with Gasteiger partial charge in [-0.25, -0.2) is 4.98 Å². The predicted molar refractivity (Wildman–Crippen MR) is 68.5 cm³/mol. The number of nitrogens with zero attached hydrogens (tertiary/aromatic N) is 1. The number of aromatic nitrogens is 1. The molecule has 17 heavy (non-hydrogen) atoms. The van der Waals surface area contributed by atoms with E-state index in [-0.39, 0.29) is 0 Å². The Morgan fingerprint density at radius 2 is 2.00 bits per heavy atom. The lowest BCUT2D eigenvalue weighted by molar-refractivity contribution is 0.355. The standard InChI is InChI=1S/C12H14N2O2S/c1-15-10-4-3-8(5-11(10)16-2)12-14-7-9(6-13)17-12/h3-5,7H,6,13H2,1-2H3. The summed E-state index contributed by atoms with van der Waals surface area (Å²) in [7, 11) is 3.24. The van der Waals surface area contributed by atoms with Gasteiger partial charge in [0.25, 0.3) is 0 Å². The molecule has 4 nitrogen and oxygen atoms in total. The van der Waals surface area contributed by atoms with E-state index in [1.165, 1.54) is 0 Å². The summed E-state index contributed by atoms with van der Waals surface area (Å²) in [6.45, 7) is 0.519. The van der Waals surface area contributed by atoms with E-state index in [4.69, 9.17) is 15.2 Å². The monoisotopic (exact) mass is 250 g/mol. The molecule has 0 aliphatic carbocycles. The minimum atomic E-state index is 0.519. The van der Waals surface area contributed by atoms with Crippen LogP contribution in [0.4, 0.5) is 0 Å². The molecule has 2 N–H and O–H groups in total. The Morgan fingerprint density at radius 3 is 2.59 bits per heavy atom. The van der Waals surface area contributed by atoms with E-state index in [2.05, 4.69) is 4.98 Å². The Morgan fingerprint density at radius 1 is 1.24 bits per heavy atom. The van der Waals surface area contributed by atoms with Gasteiger partial charge in [-0.05, 0) is 18.2 Å². The topological polar surface area (TPSA) is 57.4 Å². The van der Waals surface area contributed by atoms with Gasteiger partial charge < -0.3 is 15.2 Å². The van der Waals surface area contributed by atoms with Crippen molar-refractivity contribution in [1.29, 1.82) is 0 Å². The van der Waals surface area contributed by atoms with Crippen LogP contribution in [0.15, 0.2) is 24.4 Å². The molecule has 1 heterocycles. The van der Waals surface area contributed by atoms with E-state index in [1.54, 1.807) is 31.8 Å². The maximum absolute atomic E-state index is 5.57. The van der Waals surface area contributed by atoms with Gasteiger partial charge in [0.2, 0.25) is 0 Å². The van der Waals surface area contributed by atoms with Crippen LogP contribution in [0.3, 0.4) is 0 Å². The van der Waals surface area contributed by atoms with Crippen LogP contribution in [0.5, 0.6) is 11.5 Å². The normalized spacial score (nSPS) is 10.3. The summed E-state index contributed by atoms with van der Waals surface area (Å²) in [6, 6.07) is 5.75. The Balaban J connectivity index is 2.38. The molecule has 0 aliphatic heterocycles. The van der Waals surface area contributed by atoms with E-state index >= 15 is 0 Å². The predicted octanol–water partition coefficient (Wildman–Crippen LogP) is 2.29. The minimum Gasteiger partial charge on any atom is -0.493 e. The first-order valence-electron chi connectivity index (χ1n) is 5.15. The molecule has 0 radical (unpaired) electrons. The van der Waals surface area contributed by atoms with E-state index < -0.39 is 0 Å². The highest BCUT2D eigenvalue weighted by molar-refractivity contribution is 7.15. The molecule has 90 valence electrons. The number of nitrogens with two attached hydrogens (primary N) is 1. The quantitative estimate of drug-likeness (QED) is 0.904. The molecule has 0 bridgehead atoms. The number of hydrogen-bond donors (Lipinski definition) is 1. The fraction of sp³-hybridized carbons (Fsp3) is 0.250. The van der Waals surface area contributed by atoms with Crippen molar-refractivity contribution in [2.75, 3.05) is 14.2 Å². The molecule has 0 aliphatic rings. The average Bonchev–Trinajstić information content (AvgIpc) is 2.86. The van der Waals surface area contributed by atoms with Gasteiger partial charge in [0, 0.05) is 23.2 Å². The lowest BCUT2D eigenvalue weighted by Crippen LogP contribution is -1.91. The van der Waals surface area contributed by atoms with Gasteiger partial charge in [-0.1, -0.05) is 0 Å². The Labute approximate surface area is 104 Å². The van der Waals surface area contributed by atoms with Crippen LogP contribution in [0.1, 0.15) is 4.88 Å². The number of rotatable bonds is 4. The third-order valence-corrected chi connectivity index (χ3v) is 3.45. The van der Waals surface area contributed by atoms with Crippen molar-refractivity contribution in [2.24, 2.45) is 5.73 Å². The van der Waals surface area contributed by atoms with Crippen molar-refractivity contribution in [3.8, 4) is 22.1 Å². The van der Waals surface area contributed by atoms with Crippen molar-refractivity contribution in [3.63, 3.8) is 0 Å². The summed E-state index contributed by atoms with van der Waals surface area (Å²) >= 11 is 1.59. The number of methoxy groups -OCH3 is 2. The fourth-order valence-corrected chi connectivity index (χ4v) is 2.29. The molecule has 2 aromatic rings. The first-order chi connectivity index (χ1) is 8.28. The highest BCUT2D eigenvalue weighted by Gasteiger charge is 2.08. The third-order valence-electron chi connectivity index (χ3n) is 2.39. The van der Waals surface area contributed by atoms with E-state index in [9.17, 15) is 0 Å². The van der Waals surface area contributed by atoms with Crippen LogP contribution in [0.25, 0.3) is 10.6 Å². The maximum atomic E-state index is 5.57. The largest absolute Gasteiger partial charge is 0.493 e. The highest BCUT2D eigenvalue weighted by atomic mass is 32.1. The van der Waals surface area contributed by atoms with Crippen molar-refractivity contribution in [1.82, 2.24) is 4.98 Å². The molecule has 2 rings (SSSR count). The van der Waals surface area contributed by atoms with Crippen molar-refractivity contribution >= 4 is 11.3 Å². The zero-order valence-electron chi connectivity index (χ0n) is 9.77. The summed E-state index contributed by atoms with van der Waals surface area (Å²) in [5.74, 6) is 1.42. The van der Waals surface area contributed by atoms with Gasteiger partial charge in [-0.2, -0.15) is 0 Å². The van der Waals surface area contributed by atoms with Crippen LogP contribution >= 0.6 is 11.3 Å². The second-order valence-corrected chi connectivity index (χ2v) is 4.52. The highest BCUT2D eigenvalue weighted by Crippen LogP contribution is 2.33. The second-order valence-electron chi connectivity index (χ2n) is 3.41. The Hall–Kier alpha value is -1.59. The first kappa shape index (κ1) is 11.9. The molecule has 5 heteroatoms. The zero-order chi connectivity index (χ0) is 12.3. The molecule has 0 amide bonds. The van der Waals surface area contributed by atoms with Crippen molar-refractivity contribution < 1.29 is 9.47 Å².